The van der Waals surface area contributed by atoms with Crippen molar-refractivity contribution >= 4 is 6.09 Å². The van der Waals surface area contributed by atoms with Crippen LogP contribution in [0.25, 0.3) is 0 Å². The summed E-state index contributed by atoms with van der Waals surface area (Å²) in [6, 6.07) is 8.19. The van der Waals surface area contributed by atoms with Crippen molar-refractivity contribution in [3.05, 3.63) is 35.4 Å². The molecule has 0 radical (unpaired) electrons. The van der Waals surface area contributed by atoms with Gasteiger partial charge in [0.2, 0.25) is 0 Å². The van der Waals surface area contributed by atoms with Crippen LogP contribution >= 0.6 is 0 Å². The highest BCUT2D eigenvalue weighted by Crippen LogP contribution is 2.15. The summed E-state index contributed by atoms with van der Waals surface area (Å²) in [5.74, 6) is 0.506. The zero-order valence-corrected chi connectivity index (χ0v) is 11.2. The van der Waals surface area contributed by atoms with Crippen LogP contribution in [0.2, 0.25) is 0 Å². The monoisotopic (exact) mass is 251 g/mol. The van der Waals surface area contributed by atoms with Gasteiger partial charge >= 0.3 is 6.09 Å². The Balaban J connectivity index is 2.53. The molecular weight excluding hydrogens is 230 g/mol. The van der Waals surface area contributed by atoms with Gasteiger partial charge in [-0.05, 0) is 17.0 Å². The predicted molar refractivity (Wildman–Crippen MR) is 70.4 cm³/mol. The number of amides is 1. The van der Waals surface area contributed by atoms with Crippen molar-refractivity contribution < 1.29 is 14.6 Å². The lowest BCUT2D eigenvalue weighted by Crippen LogP contribution is -2.27. The molecule has 4 heteroatoms. The van der Waals surface area contributed by atoms with Crippen LogP contribution in [0.15, 0.2) is 24.3 Å². The first-order chi connectivity index (χ1) is 8.54. The third-order valence-corrected chi connectivity index (χ3v) is 2.69. The molecule has 0 heterocycles. The highest BCUT2D eigenvalue weighted by atomic mass is 16.6. The Labute approximate surface area is 108 Å². The summed E-state index contributed by atoms with van der Waals surface area (Å²) in [5, 5.41) is 8.57. The van der Waals surface area contributed by atoms with Crippen LogP contribution in [0.5, 0.6) is 0 Å². The van der Waals surface area contributed by atoms with Crippen LogP contribution in [0.3, 0.4) is 0 Å². The molecule has 0 saturated heterocycles. The summed E-state index contributed by atoms with van der Waals surface area (Å²) >= 11 is 0. The van der Waals surface area contributed by atoms with Gasteiger partial charge in [-0.1, -0.05) is 38.1 Å². The predicted octanol–water partition coefficient (Wildman–Crippen LogP) is 2.37. The molecule has 1 rings (SSSR count). The number of rotatable bonds is 5. The molecule has 1 aromatic rings. The summed E-state index contributed by atoms with van der Waals surface area (Å²) in [6.45, 7) is 4.68. The van der Waals surface area contributed by atoms with E-state index in [1.165, 1.54) is 10.5 Å². The van der Waals surface area contributed by atoms with Gasteiger partial charge in [-0.25, -0.2) is 4.79 Å². The molecule has 0 aliphatic carbocycles. The molecule has 0 unspecified atom stereocenters. The number of ether oxygens (including phenoxy) is 1. The highest BCUT2D eigenvalue weighted by Gasteiger charge is 2.10. The van der Waals surface area contributed by atoms with Crippen LogP contribution in [0.1, 0.15) is 30.9 Å². The number of carbonyl (C=O) groups excluding carboxylic acids is 1. The van der Waals surface area contributed by atoms with Gasteiger partial charge in [0.1, 0.15) is 6.61 Å². The smallest absolute Gasteiger partial charge is 0.409 e. The van der Waals surface area contributed by atoms with E-state index in [4.69, 9.17) is 9.84 Å². The van der Waals surface area contributed by atoms with Crippen molar-refractivity contribution in [2.45, 2.75) is 26.3 Å². The van der Waals surface area contributed by atoms with Gasteiger partial charge in [-0.2, -0.15) is 0 Å². The summed E-state index contributed by atoms with van der Waals surface area (Å²) in [7, 11) is 1.68. The first kappa shape index (κ1) is 14.5. The van der Waals surface area contributed by atoms with E-state index in [9.17, 15) is 4.79 Å². The number of hydrogen-bond donors (Lipinski definition) is 1. The fraction of sp³-hybridized carbons (Fsp3) is 0.500. The molecule has 4 nitrogen and oxygen atoms in total. The van der Waals surface area contributed by atoms with Crippen LogP contribution in [0, 0.1) is 0 Å². The zero-order chi connectivity index (χ0) is 13.5. The van der Waals surface area contributed by atoms with E-state index >= 15 is 0 Å². The van der Waals surface area contributed by atoms with E-state index in [0.717, 1.165) is 5.56 Å². The third kappa shape index (κ3) is 4.37. The second-order valence-corrected chi connectivity index (χ2v) is 4.59. The van der Waals surface area contributed by atoms with Crippen molar-refractivity contribution in [1.82, 2.24) is 4.90 Å². The van der Waals surface area contributed by atoms with Gasteiger partial charge in [0.25, 0.3) is 0 Å². The van der Waals surface area contributed by atoms with E-state index in [-0.39, 0.29) is 13.2 Å². The number of aliphatic hydroxyl groups is 1. The summed E-state index contributed by atoms with van der Waals surface area (Å²) in [4.78, 5) is 13.0. The van der Waals surface area contributed by atoms with Crippen molar-refractivity contribution in [3.63, 3.8) is 0 Å². The highest BCUT2D eigenvalue weighted by molar-refractivity contribution is 5.67. The first-order valence-corrected chi connectivity index (χ1v) is 6.12. The standard InChI is InChI=1S/C14H21NO3/c1-11(2)13-6-4-12(5-7-13)10-15(3)14(17)18-9-8-16/h4-7,11,16H,8-10H2,1-3H3. The molecule has 0 aliphatic heterocycles. The second-order valence-electron chi connectivity index (χ2n) is 4.59. The van der Waals surface area contributed by atoms with Gasteiger partial charge in [0, 0.05) is 13.6 Å². The number of aliphatic hydroxyl groups excluding tert-OH is 1. The average molecular weight is 251 g/mol. The molecule has 0 aromatic heterocycles. The molecule has 0 saturated carbocycles. The number of carbonyl (C=O) groups is 1. The Morgan fingerprint density at radius 1 is 1.33 bits per heavy atom. The Morgan fingerprint density at radius 3 is 2.44 bits per heavy atom. The van der Waals surface area contributed by atoms with Crippen molar-refractivity contribution in [2.75, 3.05) is 20.3 Å². The molecule has 0 bridgehead atoms. The topological polar surface area (TPSA) is 49.8 Å². The Morgan fingerprint density at radius 2 is 1.94 bits per heavy atom. The maximum atomic E-state index is 11.5. The van der Waals surface area contributed by atoms with Gasteiger partial charge in [-0.3, -0.25) is 0 Å². The van der Waals surface area contributed by atoms with E-state index in [2.05, 4.69) is 26.0 Å². The molecule has 100 valence electrons. The molecule has 18 heavy (non-hydrogen) atoms. The average Bonchev–Trinajstić information content (AvgIpc) is 2.36. The number of nitrogens with zero attached hydrogens (tertiary/aromatic N) is 1. The van der Waals surface area contributed by atoms with Crippen LogP contribution in [0.4, 0.5) is 4.79 Å². The summed E-state index contributed by atoms with van der Waals surface area (Å²) in [6.07, 6.45) is -0.419. The lowest BCUT2D eigenvalue weighted by molar-refractivity contribution is 0.0894. The molecule has 0 aliphatic rings. The van der Waals surface area contributed by atoms with E-state index < -0.39 is 6.09 Å². The summed E-state index contributed by atoms with van der Waals surface area (Å²) in [5.41, 5.74) is 2.34. The van der Waals surface area contributed by atoms with E-state index in [1.807, 2.05) is 12.1 Å². The maximum absolute atomic E-state index is 11.5. The van der Waals surface area contributed by atoms with Crippen molar-refractivity contribution in [3.8, 4) is 0 Å². The second kappa shape index (κ2) is 7.01. The van der Waals surface area contributed by atoms with Gasteiger partial charge in [0.05, 0.1) is 6.61 Å². The first-order valence-electron chi connectivity index (χ1n) is 6.12. The van der Waals surface area contributed by atoms with Gasteiger partial charge in [-0.15, -0.1) is 0 Å². The SMILES string of the molecule is CC(C)c1ccc(CN(C)C(=O)OCCO)cc1. The van der Waals surface area contributed by atoms with Crippen LogP contribution in [-0.4, -0.2) is 36.4 Å². The van der Waals surface area contributed by atoms with Crippen molar-refractivity contribution in [1.29, 1.82) is 0 Å². The summed E-state index contributed by atoms with van der Waals surface area (Å²) < 4.78 is 4.82. The number of benzene rings is 1. The van der Waals surface area contributed by atoms with Gasteiger partial charge < -0.3 is 14.7 Å². The Kier molecular flexibility index (Phi) is 5.65. The fourth-order valence-electron chi connectivity index (χ4n) is 1.59. The molecule has 1 N–H and O–H groups in total. The lowest BCUT2D eigenvalue weighted by atomic mass is 10.0. The number of hydrogen-bond acceptors (Lipinski definition) is 3. The molecule has 1 aromatic carbocycles. The minimum atomic E-state index is -0.419. The molecule has 0 atom stereocenters. The molecular formula is C14H21NO3. The molecule has 1 amide bonds. The third-order valence-electron chi connectivity index (χ3n) is 2.69. The lowest BCUT2D eigenvalue weighted by Gasteiger charge is -2.17. The normalized spacial score (nSPS) is 10.5. The maximum Gasteiger partial charge on any atom is 0.409 e. The largest absolute Gasteiger partial charge is 0.447 e. The van der Waals surface area contributed by atoms with E-state index in [1.54, 1.807) is 7.05 Å². The Hall–Kier alpha value is -1.55. The van der Waals surface area contributed by atoms with Gasteiger partial charge in [0.15, 0.2) is 0 Å². The molecule has 0 fully saturated rings. The van der Waals surface area contributed by atoms with E-state index in [0.29, 0.717) is 12.5 Å². The Bertz CT molecular complexity index is 373. The van der Waals surface area contributed by atoms with Crippen molar-refractivity contribution in [2.24, 2.45) is 0 Å². The fourth-order valence-corrected chi connectivity index (χ4v) is 1.59. The molecule has 0 spiro atoms. The van der Waals surface area contributed by atoms with Crippen LogP contribution in [-0.2, 0) is 11.3 Å². The van der Waals surface area contributed by atoms with Crippen LogP contribution < -0.4 is 0 Å². The minimum Gasteiger partial charge on any atom is -0.447 e. The zero-order valence-electron chi connectivity index (χ0n) is 11.2. The minimum absolute atomic E-state index is 0.0372. The quantitative estimate of drug-likeness (QED) is 0.874.